The Morgan fingerprint density at radius 3 is 3.10 bits per heavy atom. The van der Waals surface area contributed by atoms with Crippen molar-refractivity contribution in [3.8, 4) is 0 Å². The third-order valence-electron chi connectivity index (χ3n) is 4.97. The van der Waals surface area contributed by atoms with E-state index < -0.39 is 0 Å². The summed E-state index contributed by atoms with van der Waals surface area (Å²) in [6.45, 7) is 4.28. The standard InChI is InChI=1S/C18H28N2O/c1-19-11-9-16-7-4-5-12-20(16)14-18-17-8-3-2-6-15(17)10-13-21-18/h2-3,6,8,16,18-19H,4-5,7,9-14H2,1H3. The number of fused-ring (bicyclic) bond motifs is 1. The molecule has 0 amide bonds. The second-order valence-corrected chi connectivity index (χ2v) is 6.35. The minimum atomic E-state index is 0.269. The summed E-state index contributed by atoms with van der Waals surface area (Å²) in [6.07, 6.45) is 6.65. The zero-order valence-corrected chi connectivity index (χ0v) is 13.2. The van der Waals surface area contributed by atoms with Crippen LogP contribution >= 0.6 is 0 Å². The van der Waals surface area contributed by atoms with Crippen molar-refractivity contribution in [3.05, 3.63) is 35.4 Å². The molecular weight excluding hydrogens is 260 g/mol. The van der Waals surface area contributed by atoms with Gasteiger partial charge in [-0.3, -0.25) is 4.90 Å². The van der Waals surface area contributed by atoms with Gasteiger partial charge in [0.05, 0.1) is 12.7 Å². The van der Waals surface area contributed by atoms with Gasteiger partial charge >= 0.3 is 0 Å². The fourth-order valence-corrected chi connectivity index (χ4v) is 3.78. The molecule has 1 N–H and O–H groups in total. The van der Waals surface area contributed by atoms with Gasteiger partial charge in [0.2, 0.25) is 0 Å². The molecular formula is C18H28N2O. The highest BCUT2D eigenvalue weighted by molar-refractivity contribution is 5.31. The lowest BCUT2D eigenvalue weighted by Gasteiger charge is -2.39. The molecule has 2 unspecified atom stereocenters. The monoisotopic (exact) mass is 288 g/mol. The maximum Gasteiger partial charge on any atom is 0.0954 e. The zero-order chi connectivity index (χ0) is 14.5. The number of nitrogens with zero attached hydrogens (tertiary/aromatic N) is 1. The Balaban J connectivity index is 1.67. The van der Waals surface area contributed by atoms with Crippen LogP contribution in [0.2, 0.25) is 0 Å². The summed E-state index contributed by atoms with van der Waals surface area (Å²) in [4.78, 5) is 2.67. The number of hydrogen-bond acceptors (Lipinski definition) is 3. The highest BCUT2D eigenvalue weighted by atomic mass is 16.5. The SMILES string of the molecule is CNCCC1CCCCN1CC1OCCc2ccccc21. The number of rotatable bonds is 5. The van der Waals surface area contributed by atoms with Gasteiger partial charge in [-0.25, -0.2) is 0 Å². The van der Waals surface area contributed by atoms with E-state index in [1.807, 2.05) is 7.05 Å². The summed E-state index contributed by atoms with van der Waals surface area (Å²) in [6, 6.07) is 9.54. The van der Waals surface area contributed by atoms with Crippen molar-refractivity contribution in [3.63, 3.8) is 0 Å². The Morgan fingerprint density at radius 2 is 2.19 bits per heavy atom. The maximum absolute atomic E-state index is 6.10. The van der Waals surface area contributed by atoms with Crippen LogP contribution in [0.5, 0.6) is 0 Å². The minimum absolute atomic E-state index is 0.269. The fraction of sp³-hybridized carbons (Fsp3) is 0.667. The van der Waals surface area contributed by atoms with Gasteiger partial charge < -0.3 is 10.1 Å². The number of nitrogens with one attached hydrogen (secondary N) is 1. The average Bonchev–Trinajstić information content (AvgIpc) is 2.54. The van der Waals surface area contributed by atoms with Crippen LogP contribution in [0.15, 0.2) is 24.3 Å². The van der Waals surface area contributed by atoms with Crippen LogP contribution in [0.4, 0.5) is 0 Å². The average molecular weight is 288 g/mol. The van der Waals surface area contributed by atoms with Crippen molar-refractivity contribution in [2.24, 2.45) is 0 Å². The summed E-state index contributed by atoms with van der Waals surface area (Å²) in [5, 5.41) is 3.30. The van der Waals surface area contributed by atoms with Gasteiger partial charge in [0.15, 0.2) is 0 Å². The van der Waals surface area contributed by atoms with E-state index in [1.165, 1.54) is 43.4 Å². The molecule has 2 atom stereocenters. The summed E-state index contributed by atoms with van der Waals surface area (Å²) in [7, 11) is 2.05. The molecule has 0 spiro atoms. The van der Waals surface area contributed by atoms with E-state index in [0.717, 1.165) is 32.2 Å². The third kappa shape index (κ3) is 3.65. The quantitative estimate of drug-likeness (QED) is 0.901. The van der Waals surface area contributed by atoms with Crippen molar-refractivity contribution < 1.29 is 4.74 Å². The van der Waals surface area contributed by atoms with E-state index >= 15 is 0 Å². The zero-order valence-electron chi connectivity index (χ0n) is 13.2. The molecule has 1 aromatic rings. The predicted molar refractivity (Wildman–Crippen MR) is 86.6 cm³/mol. The van der Waals surface area contributed by atoms with Gasteiger partial charge in [-0.15, -0.1) is 0 Å². The number of ether oxygens (including phenoxy) is 1. The first kappa shape index (κ1) is 15.0. The summed E-state index contributed by atoms with van der Waals surface area (Å²) >= 11 is 0. The molecule has 0 aliphatic carbocycles. The Hall–Kier alpha value is -0.900. The van der Waals surface area contributed by atoms with E-state index in [9.17, 15) is 0 Å². The maximum atomic E-state index is 6.10. The minimum Gasteiger partial charge on any atom is -0.372 e. The predicted octanol–water partition coefficient (Wildman–Crippen LogP) is 2.76. The second kappa shape index (κ2) is 7.39. The van der Waals surface area contributed by atoms with Gasteiger partial charge in [-0.05, 0) is 56.9 Å². The van der Waals surface area contributed by atoms with Crippen LogP contribution in [0, 0.1) is 0 Å². The Bertz CT molecular complexity index is 449. The van der Waals surface area contributed by atoms with Crippen molar-refractivity contribution in [2.45, 2.75) is 44.2 Å². The second-order valence-electron chi connectivity index (χ2n) is 6.35. The van der Waals surface area contributed by atoms with Gasteiger partial charge in [0, 0.05) is 12.6 Å². The molecule has 3 rings (SSSR count). The van der Waals surface area contributed by atoms with E-state index in [1.54, 1.807) is 0 Å². The molecule has 3 heteroatoms. The van der Waals surface area contributed by atoms with E-state index in [4.69, 9.17) is 4.74 Å². The molecule has 0 saturated carbocycles. The molecule has 1 saturated heterocycles. The van der Waals surface area contributed by atoms with Crippen LogP contribution in [-0.2, 0) is 11.2 Å². The lowest BCUT2D eigenvalue weighted by molar-refractivity contribution is -0.00236. The highest BCUT2D eigenvalue weighted by Gasteiger charge is 2.28. The van der Waals surface area contributed by atoms with Crippen LogP contribution in [-0.4, -0.2) is 44.2 Å². The smallest absolute Gasteiger partial charge is 0.0954 e. The van der Waals surface area contributed by atoms with Crippen molar-refractivity contribution in [1.29, 1.82) is 0 Å². The molecule has 0 radical (unpaired) electrons. The van der Waals surface area contributed by atoms with Crippen molar-refractivity contribution in [1.82, 2.24) is 10.2 Å². The first-order valence-corrected chi connectivity index (χ1v) is 8.46. The van der Waals surface area contributed by atoms with Crippen LogP contribution in [0.3, 0.4) is 0 Å². The summed E-state index contributed by atoms with van der Waals surface area (Å²) < 4.78 is 6.10. The van der Waals surface area contributed by atoms with E-state index in [-0.39, 0.29) is 6.10 Å². The van der Waals surface area contributed by atoms with Crippen LogP contribution in [0.1, 0.15) is 42.9 Å². The lowest BCUT2D eigenvalue weighted by Crippen LogP contribution is -2.44. The van der Waals surface area contributed by atoms with Crippen LogP contribution < -0.4 is 5.32 Å². The topological polar surface area (TPSA) is 24.5 Å². The molecule has 3 nitrogen and oxygen atoms in total. The molecule has 2 aliphatic heterocycles. The number of likely N-dealkylation sites (tertiary alicyclic amines) is 1. The molecule has 1 fully saturated rings. The Kier molecular flexibility index (Phi) is 5.28. The first-order chi connectivity index (χ1) is 10.4. The van der Waals surface area contributed by atoms with Gasteiger partial charge in [-0.1, -0.05) is 30.7 Å². The van der Waals surface area contributed by atoms with Crippen LogP contribution in [0.25, 0.3) is 0 Å². The van der Waals surface area contributed by atoms with Gasteiger partial charge in [0.1, 0.15) is 0 Å². The molecule has 0 aromatic heterocycles. The largest absolute Gasteiger partial charge is 0.372 e. The highest BCUT2D eigenvalue weighted by Crippen LogP contribution is 2.30. The van der Waals surface area contributed by atoms with Crippen molar-refractivity contribution >= 4 is 0 Å². The summed E-state index contributed by atoms with van der Waals surface area (Å²) in [5.41, 5.74) is 2.90. The fourth-order valence-electron chi connectivity index (χ4n) is 3.78. The molecule has 2 heterocycles. The number of piperidine rings is 1. The molecule has 116 valence electrons. The summed E-state index contributed by atoms with van der Waals surface area (Å²) in [5.74, 6) is 0. The van der Waals surface area contributed by atoms with E-state index in [0.29, 0.717) is 0 Å². The Labute approximate surface area is 128 Å². The molecule has 0 bridgehead atoms. The van der Waals surface area contributed by atoms with Gasteiger partial charge in [-0.2, -0.15) is 0 Å². The normalized spacial score (nSPS) is 26.5. The van der Waals surface area contributed by atoms with E-state index in [2.05, 4.69) is 34.5 Å². The molecule has 21 heavy (non-hydrogen) atoms. The molecule has 2 aliphatic rings. The third-order valence-corrected chi connectivity index (χ3v) is 4.97. The number of benzene rings is 1. The molecule has 1 aromatic carbocycles. The lowest BCUT2D eigenvalue weighted by atomic mass is 9.94. The first-order valence-electron chi connectivity index (χ1n) is 8.46. The van der Waals surface area contributed by atoms with Crippen molar-refractivity contribution in [2.75, 3.05) is 33.3 Å². The Morgan fingerprint density at radius 1 is 1.29 bits per heavy atom. The number of hydrogen-bond donors (Lipinski definition) is 1. The van der Waals surface area contributed by atoms with Gasteiger partial charge in [0.25, 0.3) is 0 Å².